The molecule has 0 bridgehead atoms. The molecule has 0 radical (unpaired) electrons. The normalized spacial score (nSPS) is 13.0. The van der Waals surface area contributed by atoms with Crippen molar-refractivity contribution in [2.45, 2.75) is 5.41 Å². The molecule has 4 heterocycles. The molecule has 12 rings (SSSR count). The molecule has 0 atom stereocenters. The predicted octanol–water partition coefficient (Wildman–Crippen LogP) is 12.4. The molecular weight excluding hydrogens is 707 g/mol. The number of para-hydroxylation sites is 1. The molecule has 0 unspecified atom stereocenters. The second-order valence-electron chi connectivity index (χ2n) is 15.0. The highest BCUT2D eigenvalue weighted by Crippen LogP contribution is 2.56. The maximum absolute atomic E-state index is 5.55. The predicted molar refractivity (Wildman–Crippen MR) is 235 cm³/mol. The van der Waals surface area contributed by atoms with Crippen molar-refractivity contribution in [3.8, 4) is 39.6 Å². The summed E-state index contributed by atoms with van der Waals surface area (Å²) in [5.74, 6) is 1.39. The molecule has 5 nitrogen and oxygen atoms in total. The van der Waals surface area contributed by atoms with Gasteiger partial charge in [-0.25, -0.2) is 19.9 Å². The Balaban J connectivity index is 1.19. The van der Waals surface area contributed by atoms with E-state index in [0.29, 0.717) is 5.82 Å². The van der Waals surface area contributed by atoms with Crippen LogP contribution >= 0.6 is 0 Å². The Labute approximate surface area is 334 Å². The van der Waals surface area contributed by atoms with Gasteiger partial charge in [-0.3, -0.25) is 4.57 Å². The zero-order chi connectivity index (χ0) is 38.2. The third-order valence-corrected chi connectivity index (χ3v) is 11.9. The number of hydrogen-bond acceptors (Lipinski definition) is 4. The molecule has 11 aromatic rings. The van der Waals surface area contributed by atoms with E-state index in [1.165, 1.54) is 33.4 Å². The fraction of sp³-hybridized carbons (Fsp3) is 0.0189. The lowest BCUT2D eigenvalue weighted by Gasteiger charge is -2.34. The molecular formula is C53H33N5. The minimum atomic E-state index is -0.556. The minimum Gasteiger partial charge on any atom is -0.277 e. The van der Waals surface area contributed by atoms with Crippen molar-refractivity contribution < 1.29 is 0 Å². The van der Waals surface area contributed by atoms with Crippen LogP contribution in [0.3, 0.4) is 0 Å². The van der Waals surface area contributed by atoms with Gasteiger partial charge in [-0.1, -0.05) is 158 Å². The van der Waals surface area contributed by atoms with Crippen LogP contribution in [0.15, 0.2) is 200 Å². The highest BCUT2D eigenvalue weighted by Gasteiger charge is 2.46. The fourth-order valence-corrected chi connectivity index (χ4v) is 9.42. The Hall–Kier alpha value is -7.76. The highest BCUT2D eigenvalue weighted by atomic mass is 15.1. The number of nitrogens with zero attached hydrogens (tertiary/aromatic N) is 5. The van der Waals surface area contributed by atoms with E-state index in [4.69, 9.17) is 19.9 Å². The third kappa shape index (κ3) is 4.64. The molecule has 4 aromatic heterocycles. The summed E-state index contributed by atoms with van der Waals surface area (Å²) in [6.07, 6.45) is 1.86. The first-order chi connectivity index (χ1) is 28.8. The van der Waals surface area contributed by atoms with E-state index < -0.39 is 5.41 Å². The number of rotatable bonds is 5. The van der Waals surface area contributed by atoms with Crippen molar-refractivity contribution in [1.29, 1.82) is 0 Å². The molecule has 1 aliphatic rings. The Bertz CT molecular complexity index is 3300. The molecule has 0 saturated carbocycles. The van der Waals surface area contributed by atoms with Crippen LogP contribution in [0, 0.1) is 0 Å². The first-order valence-electron chi connectivity index (χ1n) is 19.6. The van der Waals surface area contributed by atoms with Crippen LogP contribution < -0.4 is 0 Å². The zero-order valence-electron chi connectivity index (χ0n) is 31.3. The molecule has 0 fully saturated rings. The van der Waals surface area contributed by atoms with Crippen LogP contribution in [-0.2, 0) is 5.41 Å². The maximum atomic E-state index is 5.55. The number of fused-ring (bicyclic) bond motifs is 9. The minimum absolute atomic E-state index is 0.556. The standard InChI is InChI=1S/C53H33N5/c1-4-15-34(16-5-1)46-31-28-35-26-30-43-49(48(35)55-46)56-50(57-52(43)58-47-25-13-11-22-41(47)42-23-14-32-54-51(42)58)36-27-29-40-39-21-10-12-24-44(39)53(45(40)33-36,37-17-6-2-7-18-37)38-19-8-3-9-20-38/h1-33H. The van der Waals surface area contributed by atoms with Crippen molar-refractivity contribution in [1.82, 2.24) is 24.5 Å². The van der Waals surface area contributed by atoms with Gasteiger partial charge in [0.1, 0.15) is 11.2 Å². The van der Waals surface area contributed by atoms with Gasteiger partial charge in [0.15, 0.2) is 11.6 Å². The topological polar surface area (TPSA) is 56.5 Å². The van der Waals surface area contributed by atoms with Gasteiger partial charge in [0.2, 0.25) is 0 Å². The molecule has 58 heavy (non-hydrogen) atoms. The Kier molecular flexibility index (Phi) is 7.07. The summed E-state index contributed by atoms with van der Waals surface area (Å²) < 4.78 is 2.20. The highest BCUT2D eigenvalue weighted by molar-refractivity contribution is 6.11. The third-order valence-electron chi connectivity index (χ3n) is 11.9. The average molecular weight is 740 g/mol. The van der Waals surface area contributed by atoms with E-state index in [9.17, 15) is 0 Å². The molecule has 0 N–H and O–H groups in total. The van der Waals surface area contributed by atoms with Crippen molar-refractivity contribution in [2.24, 2.45) is 0 Å². The van der Waals surface area contributed by atoms with Gasteiger partial charge in [-0.05, 0) is 69.8 Å². The van der Waals surface area contributed by atoms with Gasteiger partial charge in [0, 0.05) is 38.9 Å². The molecule has 270 valence electrons. The van der Waals surface area contributed by atoms with Crippen LogP contribution in [0.2, 0.25) is 0 Å². The van der Waals surface area contributed by atoms with E-state index in [-0.39, 0.29) is 0 Å². The van der Waals surface area contributed by atoms with Gasteiger partial charge >= 0.3 is 0 Å². The fourth-order valence-electron chi connectivity index (χ4n) is 9.42. The summed E-state index contributed by atoms with van der Waals surface area (Å²) in [6, 6.07) is 68.9. The lowest BCUT2D eigenvalue weighted by Crippen LogP contribution is -2.28. The van der Waals surface area contributed by atoms with E-state index >= 15 is 0 Å². The monoisotopic (exact) mass is 739 g/mol. The van der Waals surface area contributed by atoms with Gasteiger partial charge in [-0.15, -0.1) is 0 Å². The van der Waals surface area contributed by atoms with Crippen LogP contribution in [-0.4, -0.2) is 24.5 Å². The van der Waals surface area contributed by atoms with Crippen molar-refractivity contribution in [3.63, 3.8) is 0 Å². The van der Waals surface area contributed by atoms with Crippen molar-refractivity contribution in [2.75, 3.05) is 0 Å². The maximum Gasteiger partial charge on any atom is 0.162 e. The quantitative estimate of drug-likeness (QED) is 0.165. The Morgan fingerprint density at radius 2 is 1.10 bits per heavy atom. The molecule has 5 heteroatoms. The van der Waals surface area contributed by atoms with Crippen LogP contribution in [0.5, 0.6) is 0 Å². The first kappa shape index (κ1) is 32.5. The Morgan fingerprint density at radius 3 is 1.91 bits per heavy atom. The van der Waals surface area contributed by atoms with Crippen LogP contribution in [0.25, 0.3) is 83.3 Å². The largest absolute Gasteiger partial charge is 0.277 e. The number of hydrogen-bond donors (Lipinski definition) is 0. The SMILES string of the molecule is c1ccc(-c2ccc3ccc4c(-n5c6ccccc6c6cccnc65)nc(-c5ccc6c(c5)C(c5ccccc5)(c5ccccc5)c5ccccc5-6)nc4c3n2)cc1. The summed E-state index contributed by atoms with van der Waals surface area (Å²) in [7, 11) is 0. The summed E-state index contributed by atoms with van der Waals surface area (Å²) >= 11 is 0. The summed E-state index contributed by atoms with van der Waals surface area (Å²) in [5, 5.41) is 4.11. The second kappa shape index (κ2) is 12.6. The van der Waals surface area contributed by atoms with E-state index in [1.807, 2.05) is 18.3 Å². The van der Waals surface area contributed by atoms with Gasteiger partial charge < -0.3 is 0 Å². The summed E-state index contributed by atoms with van der Waals surface area (Å²) in [6.45, 7) is 0. The van der Waals surface area contributed by atoms with E-state index in [2.05, 4.69) is 187 Å². The van der Waals surface area contributed by atoms with Gasteiger partial charge in [0.05, 0.1) is 22.1 Å². The van der Waals surface area contributed by atoms with Crippen LogP contribution in [0.4, 0.5) is 0 Å². The number of aromatic nitrogens is 5. The number of pyridine rings is 2. The molecule has 0 spiro atoms. The molecule has 1 aliphatic carbocycles. The molecule has 7 aromatic carbocycles. The van der Waals surface area contributed by atoms with Crippen molar-refractivity contribution in [3.05, 3.63) is 223 Å². The Morgan fingerprint density at radius 1 is 0.431 bits per heavy atom. The lowest BCUT2D eigenvalue weighted by atomic mass is 9.67. The smallest absolute Gasteiger partial charge is 0.162 e. The van der Waals surface area contributed by atoms with Crippen molar-refractivity contribution >= 4 is 43.7 Å². The van der Waals surface area contributed by atoms with Crippen LogP contribution in [0.1, 0.15) is 22.3 Å². The second-order valence-corrected chi connectivity index (χ2v) is 15.0. The van der Waals surface area contributed by atoms with E-state index in [0.717, 1.165) is 66.4 Å². The molecule has 0 saturated heterocycles. The summed E-state index contributed by atoms with van der Waals surface area (Å²) in [4.78, 5) is 21.3. The summed E-state index contributed by atoms with van der Waals surface area (Å²) in [5.41, 5.74) is 13.1. The van der Waals surface area contributed by atoms with Gasteiger partial charge in [-0.2, -0.15) is 0 Å². The number of benzene rings is 7. The van der Waals surface area contributed by atoms with E-state index in [1.54, 1.807) is 0 Å². The first-order valence-corrected chi connectivity index (χ1v) is 19.6. The lowest BCUT2D eigenvalue weighted by molar-refractivity contribution is 0.768. The average Bonchev–Trinajstić information content (AvgIpc) is 3.80. The molecule has 0 amide bonds. The molecule has 0 aliphatic heterocycles. The zero-order valence-corrected chi connectivity index (χ0v) is 31.3. The van der Waals surface area contributed by atoms with Gasteiger partial charge in [0.25, 0.3) is 0 Å².